The molecule has 124 valence electrons. The van der Waals surface area contributed by atoms with Gasteiger partial charge in [-0.2, -0.15) is 0 Å². The van der Waals surface area contributed by atoms with E-state index in [0.717, 1.165) is 22.8 Å². The highest BCUT2D eigenvalue weighted by Gasteiger charge is 2.35. The average molecular weight is 340 g/mol. The van der Waals surface area contributed by atoms with Crippen LogP contribution in [0.25, 0.3) is 0 Å². The summed E-state index contributed by atoms with van der Waals surface area (Å²) in [5.74, 6) is 0.542. The average Bonchev–Trinajstić information content (AvgIpc) is 2.84. The first kappa shape index (κ1) is 16.5. The second-order valence-electron chi connectivity index (χ2n) is 5.71. The first-order valence-electron chi connectivity index (χ1n) is 7.89. The normalized spacial score (nSPS) is 19.2. The molecule has 1 fully saturated rings. The van der Waals surface area contributed by atoms with Gasteiger partial charge in [0.2, 0.25) is 5.91 Å². The van der Waals surface area contributed by atoms with Crippen LogP contribution in [0.15, 0.2) is 47.6 Å². The number of rotatable bonds is 4. The molecule has 1 aliphatic rings. The number of aryl methyl sites for hydroxylation is 1. The summed E-state index contributed by atoms with van der Waals surface area (Å²) in [7, 11) is 1.77. The standard InChI is InChI=1S/C18H20N4OS/c1-3-12-4-6-14(7-5-12)21-18-22(2)17(23)15(24-18)10-13-8-9-20-16(19)11-13/h4-9,11,15H,3,10H2,1-2H3,(H2,19,20). The number of aliphatic imine (C=N–C) groups is 1. The molecule has 1 aliphatic heterocycles. The maximum absolute atomic E-state index is 12.5. The first-order chi connectivity index (χ1) is 11.6. The van der Waals surface area contributed by atoms with Gasteiger partial charge < -0.3 is 5.73 Å². The predicted octanol–water partition coefficient (Wildman–Crippen LogP) is 3.03. The first-order valence-corrected chi connectivity index (χ1v) is 8.77. The second kappa shape index (κ2) is 7.05. The number of aromatic nitrogens is 1. The lowest BCUT2D eigenvalue weighted by atomic mass is 10.1. The van der Waals surface area contributed by atoms with Crippen LogP contribution in [0.1, 0.15) is 18.1 Å². The fraction of sp³-hybridized carbons (Fsp3) is 0.278. The summed E-state index contributed by atoms with van der Waals surface area (Å²) in [6, 6.07) is 11.8. The van der Waals surface area contributed by atoms with Gasteiger partial charge >= 0.3 is 0 Å². The number of anilines is 1. The van der Waals surface area contributed by atoms with Crippen LogP contribution in [0.4, 0.5) is 11.5 Å². The third-order valence-electron chi connectivity index (χ3n) is 3.98. The summed E-state index contributed by atoms with van der Waals surface area (Å²) < 4.78 is 0. The molecule has 2 aromatic rings. The molecule has 0 aliphatic carbocycles. The zero-order chi connectivity index (χ0) is 17.1. The lowest BCUT2D eigenvalue weighted by Gasteiger charge is -2.09. The molecule has 0 spiro atoms. The summed E-state index contributed by atoms with van der Waals surface area (Å²) >= 11 is 1.50. The van der Waals surface area contributed by atoms with E-state index in [1.807, 2.05) is 24.3 Å². The molecule has 2 heterocycles. The van der Waals surface area contributed by atoms with Crippen molar-refractivity contribution >= 4 is 34.3 Å². The SMILES string of the molecule is CCc1ccc(N=C2SC(Cc3ccnc(N)c3)C(=O)N2C)cc1. The van der Waals surface area contributed by atoms with Crippen LogP contribution < -0.4 is 5.73 Å². The van der Waals surface area contributed by atoms with Crippen LogP contribution in [0.3, 0.4) is 0 Å². The minimum atomic E-state index is -0.175. The summed E-state index contributed by atoms with van der Waals surface area (Å²) in [4.78, 5) is 22.7. The Bertz CT molecular complexity index is 773. The molecule has 5 nitrogen and oxygen atoms in total. The van der Waals surface area contributed by atoms with Crippen molar-refractivity contribution in [1.82, 2.24) is 9.88 Å². The van der Waals surface area contributed by atoms with Gasteiger partial charge in [0.15, 0.2) is 5.17 Å². The van der Waals surface area contributed by atoms with Crippen molar-refractivity contribution in [2.75, 3.05) is 12.8 Å². The highest BCUT2D eigenvalue weighted by molar-refractivity contribution is 8.15. The number of thioether (sulfide) groups is 1. The molecule has 1 aromatic heterocycles. The Hall–Kier alpha value is -2.34. The molecule has 1 unspecified atom stereocenters. The van der Waals surface area contributed by atoms with Gasteiger partial charge in [0, 0.05) is 13.2 Å². The molecule has 1 amide bonds. The van der Waals surface area contributed by atoms with E-state index < -0.39 is 0 Å². The van der Waals surface area contributed by atoms with Crippen molar-refractivity contribution in [3.05, 3.63) is 53.7 Å². The van der Waals surface area contributed by atoms with Crippen molar-refractivity contribution in [3.8, 4) is 0 Å². The quantitative estimate of drug-likeness (QED) is 0.928. The van der Waals surface area contributed by atoms with Crippen LogP contribution in [0.2, 0.25) is 0 Å². The van der Waals surface area contributed by atoms with E-state index in [1.54, 1.807) is 18.1 Å². The van der Waals surface area contributed by atoms with E-state index in [-0.39, 0.29) is 11.2 Å². The minimum Gasteiger partial charge on any atom is -0.384 e. The van der Waals surface area contributed by atoms with Crippen molar-refractivity contribution in [2.45, 2.75) is 25.0 Å². The van der Waals surface area contributed by atoms with Gasteiger partial charge in [0.1, 0.15) is 5.82 Å². The van der Waals surface area contributed by atoms with Gasteiger partial charge in [0.05, 0.1) is 10.9 Å². The van der Waals surface area contributed by atoms with Crippen LogP contribution in [-0.4, -0.2) is 33.3 Å². The molecular formula is C18H20N4OS. The van der Waals surface area contributed by atoms with E-state index in [4.69, 9.17) is 5.73 Å². The predicted molar refractivity (Wildman–Crippen MR) is 99.4 cm³/mol. The number of hydrogen-bond acceptors (Lipinski definition) is 5. The fourth-order valence-electron chi connectivity index (χ4n) is 2.55. The number of carbonyl (C=O) groups excluding carboxylic acids is 1. The highest BCUT2D eigenvalue weighted by Crippen LogP contribution is 2.31. The van der Waals surface area contributed by atoms with Crippen molar-refractivity contribution in [1.29, 1.82) is 0 Å². The molecular weight excluding hydrogens is 320 g/mol. The van der Waals surface area contributed by atoms with Gasteiger partial charge in [-0.25, -0.2) is 9.98 Å². The van der Waals surface area contributed by atoms with Crippen LogP contribution in [0.5, 0.6) is 0 Å². The van der Waals surface area contributed by atoms with E-state index in [0.29, 0.717) is 12.2 Å². The minimum absolute atomic E-state index is 0.0688. The largest absolute Gasteiger partial charge is 0.384 e. The maximum atomic E-state index is 12.5. The Morgan fingerprint density at radius 2 is 2.00 bits per heavy atom. The zero-order valence-corrected chi connectivity index (χ0v) is 14.6. The zero-order valence-electron chi connectivity index (χ0n) is 13.8. The Morgan fingerprint density at radius 3 is 2.67 bits per heavy atom. The van der Waals surface area contributed by atoms with Crippen molar-refractivity contribution in [3.63, 3.8) is 0 Å². The molecule has 1 saturated heterocycles. The molecule has 0 radical (unpaired) electrons. The molecule has 24 heavy (non-hydrogen) atoms. The van der Waals surface area contributed by atoms with Crippen LogP contribution in [0, 0.1) is 0 Å². The van der Waals surface area contributed by atoms with Gasteiger partial charge in [0.25, 0.3) is 0 Å². The van der Waals surface area contributed by atoms with Crippen LogP contribution in [-0.2, 0) is 17.6 Å². The van der Waals surface area contributed by atoms with Crippen LogP contribution >= 0.6 is 11.8 Å². The van der Waals surface area contributed by atoms with Gasteiger partial charge in [-0.3, -0.25) is 9.69 Å². The van der Waals surface area contributed by atoms with Crippen molar-refractivity contribution in [2.24, 2.45) is 4.99 Å². The van der Waals surface area contributed by atoms with Gasteiger partial charge in [-0.15, -0.1) is 0 Å². The molecule has 6 heteroatoms. The summed E-state index contributed by atoms with van der Waals surface area (Å²) in [5.41, 5.74) is 8.86. The van der Waals surface area contributed by atoms with Gasteiger partial charge in [-0.05, 0) is 48.2 Å². The van der Waals surface area contributed by atoms with E-state index in [2.05, 4.69) is 29.0 Å². The number of pyridine rings is 1. The Balaban J connectivity index is 1.76. The Labute approximate surface area is 146 Å². The Morgan fingerprint density at radius 1 is 1.25 bits per heavy atom. The molecule has 3 rings (SSSR count). The molecule has 0 bridgehead atoms. The number of nitrogens with zero attached hydrogens (tertiary/aromatic N) is 3. The number of benzene rings is 1. The van der Waals surface area contributed by atoms with Crippen molar-refractivity contribution < 1.29 is 4.79 Å². The molecule has 2 N–H and O–H groups in total. The molecule has 1 aromatic carbocycles. The number of amidine groups is 1. The Kier molecular flexibility index (Phi) is 4.85. The fourth-order valence-corrected chi connectivity index (χ4v) is 3.74. The number of hydrogen-bond donors (Lipinski definition) is 1. The van der Waals surface area contributed by atoms with E-state index in [1.165, 1.54) is 17.3 Å². The lowest BCUT2D eigenvalue weighted by molar-refractivity contribution is -0.125. The monoisotopic (exact) mass is 340 g/mol. The summed E-state index contributed by atoms with van der Waals surface area (Å²) in [5, 5.41) is 0.557. The lowest BCUT2D eigenvalue weighted by Crippen LogP contribution is -2.28. The molecule has 1 atom stereocenters. The maximum Gasteiger partial charge on any atom is 0.242 e. The van der Waals surface area contributed by atoms with E-state index >= 15 is 0 Å². The third-order valence-corrected chi connectivity index (χ3v) is 5.21. The number of nitrogen functional groups attached to an aromatic ring is 1. The van der Waals surface area contributed by atoms with Gasteiger partial charge in [-0.1, -0.05) is 30.8 Å². The summed E-state index contributed by atoms with van der Waals surface area (Å²) in [6.07, 6.45) is 3.29. The topological polar surface area (TPSA) is 71.6 Å². The third kappa shape index (κ3) is 3.59. The molecule has 0 saturated carbocycles. The van der Waals surface area contributed by atoms with E-state index in [9.17, 15) is 4.79 Å². The highest BCUT2D eigenvalue weighted by atomic mass is 32.2. The number of carbonyl (C=O) groups is 1. The number of nitrogens with two attached hydrogens (primary N) is 1. The second-order valence-corrected chi connectivity index (χ2v) is 6.88. The summed E-state index contributed by atoms with van der Waals surface area (Å²) in [6.45, 7) is 2.12. The smallest absolute Gasteiger partial charge is 0.242 e. The number of amides is 1.